The average molecular weight is 418 g/mol. The van der Waals surface area contributed by atoms with Crippen LogP contribution in [0.1, 0.15) is 6.42 Å². The first kappa shape index (κ1) is 19.9. The molecule has 3 heterocycles. The van der Waals surface area contributed by atoms with Gasteiger partial charge in [0.25, 0.3) is 5.56 Å². The molecule has 4 rings (SSSR count). The number of hydrogen-bond donors (Lipinski definition) is 0. The maximum Gasteiger partial charge on any atom is 0.255 e. The lowest BCUT2D eigenvalue weighted by Crippen LogP contribution is -2.38. The monoisotopic (exact) mass is 417 g/mol. The minimum absolute atomic E-state index is 0.216. The molecule has 3 atom stereocenters. The summed E-state index contributed by atoms with van der Waals surface area (Å²) >= 11 is 1.68. The number of rotatable bonds is 6. The van der Waals surface area contributed by atoms with Crippen LogP contribution in [0.4, 0.5) is 10.3 Å². The van der Waals surface area contributed by atoms with E-state index < -0.39 is 5.82 Å². The number of pyridine rings is 1. The van der Waals surface area contributed by atoms with E-state index in [-0.39, 0.29) is 23.1 Å². The van der Waals surface area contributed by atoms with Gasteiger partial charge < -0.3 is 9.80 Å². The van der Waals surface area contributed by atoms with Crippen LogP contribution in [0.5, 0.6) is 0 Å². The lowest BCUT2D eigenvalue weighted by molar-refractivity contribution is -0.130. The predicted octanol–water partition coefficient (Wildman–Crippen LogP) is 1.63. The normalized spacial score (nSPS) is 22.5. The number of likely N-dealkylation sites (tertiary alicyclic amines) is 1. The molecule has 154 valence electrons. The van der Waals surface area contributed by atoms with Gasteiger partial charge in [0.2, 0.25) is 11.9 Å². The van der Waals surface area contributed by atoms with E-state index >= 15 is 0 Å². The highest BCUT2D eigenvalue weighted by molar-refractivity contribution is 7.98. The summed E-state index contributed by atoms with van der Waals surface area (Å²) in [6.07, 6.45) is 5.18. The molecule has 29 heavy (non-hydrogen) atoms. The van der Waals surface area contributed by atoms with Gasteiger partial charge >= 0.3 is 0 Å². The van der Waals surface area contributed by atoms with Crippen molar-refractivity contribution in [2.45, 2.75) is 12.5 Å². The summed E-state index contributed by atoms with van der Waals surface area (Å²) in [4.78, 5) is 37.0. The van der Waals surface area contributed by atoms with Gasteiger partial charge in [-0.3, -0.25) is 19.1 Å². The Kier molecular flexibility index (Phi) is 5.33. The summed E-state index contributed by atoms with van der Waals surface area (Å²) in [6.45, 7) is 1.50. The fraction of sp³-hybridized carbons (Fsp3) is 0.500. The van der Waals surface area contributed by atoms with Crippen LogP contribution in [-0.4, -0.2) is 63.5 Å². The van der Waals surface area contributed by atoms with Crippen molar-refractivity contribution in [2.24, 2.45) is 18.9 Å². The molecule has 1 saturated heterocycles. The molecule has 1 aliphatic carbocycles. The highest BCUT2D eigenvalue weighted by Crippen LogP contribution is 2.49. The molecule has 9 heteroatoms. The zero-order chi connectivity index (χ0) is 20.7. The molecule has 0 bridgehead atoms. The number of amides is 1. The van der Waals surface area contributed by atoms with E-state index in [4.69, 9.17) is 0 Å². The van der Waals surface area contributed by atoms with Crippen LogP contribution in [-0.2, 0) is 11.8 Å². The Bertz CT molecular complexity index is 985. The van der Waals surface area contributed by atoms with Gasteiger partial charge in [-0.05, 0) is 12.3 Å². The second-order valence-corrected chi connectivity index (χ2v) is 8.65. The summed E-state index contributed by atoms with van der Waals surface area (Å²) in [7, 11) is 3.58. The summed E-state index contributed by atoms with van der Waals surface area (Å²) in [5.41, 5.74) is 0.316. The Morgan fingerprint density at radius 2 is 2.10 bits per heavy atom. The number of aromatic nitrogens is 3. The van der Waals surface area contributed by atoms with Crippen molar-refractivity contribution in [2.75, 3.05) is 37.0 Å². The molecule has 2 fully saturated rings. The average Bonchev–Trinajstić information content (AvgIpc) is 3.21. The third-order valence-corrected chi connectivity index (χ3v) is 6.56. The Hall–Kier alpha value is -2.42. The first-order valence-corrected chi connectivity index (χ1v) is 11.0. The van der Waals surface area contributed by atoms with Crippen molar-refractivity contribution < 1.29 is 9.18 Å². The van der Waals surface area contributed by atoms with Crippen molar-refractivity contribution in [3.8, 4) is 11.3 Å². The van der Waals surface area contributed by atoms with Gasteiger partial charge in [-0.1, -0.05) is 0 Å². The number of halogens is 1. The summed E-state index contributed by atoms with van der Waals surface area (Å²) < 4.78 is 15.6. The number of anilines is 1. The van der Waals surface area contributed by atoms with Crippen LogP contribution in [0, 0.1) is 17.7 Å². The van der Waals surface area contributed by atoms with Gasteiger partial charge in [0.1, 0.15) is 0 Å². The van der Waals surface area contributed by atoms with Gasteiger partial charge in [-0.2, -0.15) is 11.8 Å². The Morgan fingerprint density at radius 1 is 1.38 bits per heavy atom. The quantitative estimate of drug-likeness (QED) is 0.712. The zero-order valence-corrected chi connectivity index (χ0v) is 17.5. The molecule has 2 aromatic heterocycles. The van der Waals surface area contributed by atoms with E-state index in [0.29, 0.717) is 29.9 Å². The van der Waals surface area contributed by atoms with Gasteiger partial charge in [-0.25, -0.2) is 9.37 Å². The fourth-order valence-electron chi connectivity index (χ4n) is 4.32. The van der Waals surface area contributed by atoms with Crippen molar-refractivity contribution in [3.63, 3.8) is 0 Å². The highest BCUT2D eigenvalue weighted by atomic mass is 32.2. The predicted molar refractivity (Wildman–Crippen MR) is 111 cm³/mol. The maximum atomic E-state index is 14.1. The molecular weight excluding hydrogens is 393 g/mol. The number of hydrogen-bond acceptors (Lipinski definition) is 6. The van der Waals surface area contributed by atoms with Crippen molar-refractivity contribution in [1.29, 1.82) is 0 Å². The molecule has 1 aliphatic heterocycles. The van der Waals surface area contributed by atoms with Gasteiger partial charge in [0, 0.05) is 75.1 Å². The van der Waals surface area contributed by atoms with Gasteiger partial charge in [0.15, 0.2) is 5.82 Å². The number of nitrogens with zero attached hydrogens (tertiary/aromatic N) is 5. The smallest absolute Gasteiger partial charge is 0.255 e. The van der Waals surface area contributed by atoms with Crippen LogP contribution < -0.4 is 10.5 Å². The molecule has 0 aromatic carbocycles. The number of piperidine rings is 1. The van der Waals surface area contributed by atoms with Crippen molar-refractivity contribution in [3.05, 3.63) is 40.7 Å². The second-order valence-electron chi connectivity index (χ2n) is 7.66. The summed E-state index contributed by atoms with van der Waals surface area (Å²) in [6, 6.07) is 3.09. The van der Waals surface area contributed by atoms with Crippen LogP contribution >= 0.6 is 11.8 Å². The van der Waals surface area contributed by atoms with E-state index in [0.717, 1.165) is 25.0 Å². The second kappa shape index (κ2) is 7.78. The van der Waals surface area contributed by atoms with Crippen LogP contribution in [0.15, 0.2) is 29.3 Å². The standard InChI is InChI=1S/C20H24FN5O2S/c1-24-18(28)8-16(12-4-6-22-9-15(12)21)23-20(24)25(2)19-13-10-26(11-14(13)19)17(27)5-7-29-3/h4,6,8-9,13-14,19H,5,7,10-11H2,1-3H3/t13-,14+,19-. The Labute approximate surface area is 172 Å². The lowest BCUT2D eigenvalue weighted by Gasteiger charge is -2.26. The first-order chi connectivity index (χ1) is 13.9. The van der Waals surface area contributed by atoms with E-state index in [1.54, 1.807) is 18.8 Å². The number of carbonyl (C=O) groups is 1. The molecule has 7 nitrogen and oxygen atoms in total. The van der Waals surface area contributed by atoms with E-state index in [9.17, 15) is 14.0 Å². The number of thioether (sulfide) groups is 1. The van der Waals surface area contributed by atoms with Crippen molar-refractivity contribution in [1.82, 2.24) is 19.4 Å². The van der Waals surface area contributed by atoms with Crippen molar-refractivity contribution >= 4 is 23.6 Å². The minimum Gasteiger partial charge on any atom is -0.342 e. The van der Waals surface area contributed by atoms with Gasteiger partial charge in [-0.15, -0.1) is 0 Å². The van der Waals surface area contributed by atoms with E-state index in [2.05, 4.69) is 9.97 Å². The molecule has 0 N–H and O–H groups in total. The molecular formula is C20H24FN5O2S. The van der Waals surface area contributed by atoms with Crippen LogP contribution in [0.2, 0.25) is 0 Å². The molecule has 0 radical (unpaired) electrons. The number of carbonyl (C=O) groups excluding carboxylic acids is 1. The van der Waals surface area contributed by atoms with E-state index in [1.165, 1.54) is 22.9 Å². The SMILES string of the molecule is CSCCC(=O)N1C[C@@H]2[C@H](C1)[C@@H]2N(C)c1nc(-c2ccncc2F)cc(=O)n1C. The topological polar surface area (TPSA) is 71.3 Å². The third-order valence-electron chi connectivity index (χ3n) is 5.94. The summed E-state index contributed by atoms with van der Waals surface area (Å²) in [5, 5.41) is 0. The molecule has 2 aliphatic rings. The zero-order valence-electron chi connectivity index (χ0n) is 16.7. The maximum absolute atomic E-state index is 14.1. The molecule has 1 amide bonds. The van der Waals surface area contributed by atoms with Crippen LogP contribution in [0.3, 0.4) is 0 Å². The first-order valence-electron chi connectivity index (χ1n) is 9.60. The third kappa shape index (κ3) is 3.63. The largest absolute Gasteiger partial charge is 0.342 e. The fourth-order valence-corrected chi connectivity index (χ4v) is 4.70. The molecule has 1 saturated carbocycles. The Morgan fingerprint density at radius 3 is 2.76 bits per heavy atom. The number of fused-ring (bicyclic) bond motifs is 1. The minimum atomic E-state index is -0.510. The van der Waals surface area contributed by atoms with Crippen LogP contribution in [0.25, 0.3) is 11.3 Å². The Balaban J connectivity index is 1.53. The highest BCUT2D eigenvalue weighted by Gasteiger charge is 2.59. The molecule has 0 unspecified atom stereocenters. The lowest BCUT2D eigenvalue weighted by atomic mass is 10.2. The van der Waals surface area contributed by atoms with E-state index in [1.807, 2.05) is 23.1 Å². The molecule has 0 spiro atoms. The summed E-state index contributed by atoms with van der Waals surface area (Å²) in [5.74, 6) is 1.83. The molecule has 2 aromatic rings. The van der Waals surface area contributed by atoms with Gasteiger partial charge in [0.05, 0.1) is 11.9 Å².